The Kier molecular flexibility index (Phi) is 6.06. The molecule has 2 aliphatic rings. The average molecular weight is 573 g/mol. The number of fused-ring (bicyclic) bond motifs is 2. The van der Waals surface area contributed by atoms with E-state index < -0.39 is 6.04 Å². The number of pyridine rings is 1. The summed E-state index contributed by atoms with van der Waals surface area (Å²) >= 11 is 3.32. The number of ketones is 1. The zero-order chi connectivity index (χ0) is 26.6. The largest absolute Gasteiger partial charge is 0.337 e. The van der Waals surface area contributed by atoms with Crippen LogP contribution in [-0.4, -0.2) is 54.6 Å². The molecule has 1 unspecified atom stereocenters. The van der Waals surface area contributed by atoms with E-state index in [-0.39, 0.29) is 30.1 Å². The van der Waals surface area contributed by atoms with Gasteiger partial charge >= 0.3 is 0 Å². The maximum atomic E-state index is 13.5. The van der Waals surface area contributed by atoms with Gasteiger partial charge < -0.3 is 14.8 Å². The molecule has 1 saturated heterocycles. The normalized spacial score (nSPS) is 19.9. The van der Waals surface area contributed by atoms with E-state index in [9.17, 15) is 14.4 Å². The van der Waals surface area contributed by atoms with Gasteiger partial charge in [-0.3, -0.25) is 14.4 Å². The molecule has 0 radical (unpaired) electrons. The Balaban J connectivity index is 1.26. The van der Waals surface area contributed by atoms with Crippen LogP contribution in [0.1, 0.15) is 29.5 Å². The maximum absolute atomic E-state index is 13.5. The average Bonchev–Trinajstić information content (AvgIpc) is 3.39. The van der Waals surface area contributed by atoms with Gasteiger partial charge in [-0.1, -0.05) is 12.1 Å². The number of nitrogens with one attached hydrogen (secondary N) is 1. The minimum atomic E-state index is -0.532. The summed E-state index contributed by atoms with van der Waals surface area (Å²) in [5.41, 5.74) is 3.06. The van der Waals surface area contributed by atoms with Crippen LogP contribution in [0.2, 0.25) is 0 Å². The Morgan fingerprint density at radius 1 is 1.11 bits per heavy atom. The Morgan fingerprint density at radius 2 is 1.89 bits per heavy atom. The topological polar surface area (TPSA) is 110 Å². The molecule has 1 saturated carbocycles. The van der Waals surface area contributed by atoms with Gasteiger partial charge in [-0.2, -0.15) is 0 Å². The van der Waals surface area contributed by atoms with Crippen LogP contribution in [0.5, 0.6) is 0 Å². The van der Waals surface area contributed by atoms with Gasteiger partial charge in [-0.05, 0) is 77.9 Å². The Morgan fingerprint density at radius 3 is 2.63 bits per heavy atom. The van der Waals surface area contributed by atoms with Crippen molar-refractivity contribution in [1.82, 2.24) is 24.4 Å². The molecule has 0 spiro atoms. The van der Waals surface area contributed by atoms with Gasteiger partial charge in [0.05, 0.1) is 0 Å². The number of nitrogens with zero attached hydrogens (tertiary/aromatic N) is 5. The minimum Gasteiger partial charge on any atom is -0.337 e. The number of benzene rings is 1. The minimum absolute atomic E-state index is 0.0368. The Hall–Kier alpha value is -3.92. The number of Topliss-reactive ketones (excluding diaryl/α,β-unsaturated/α-hetero) is 1. The van der Waals surface area contributed by atoms with Crippen molar-refractivity contribution in [3.05, 3.63) is 71.0 Å². The molecule has 10 heteroatoms. The molecule has 2 fully saturated rings. The fourth-order valence-corrected chi connectivity index (χ4v) is 5.75. The van der Waals surface area contributed by atoms with Crippen molar-refractivity contribution < 1.29 is 14.4 Å². The van der Waals surface area contributed by atoms with Gasteiger partial charge in [0.2, 0.25) is 11.8 Å². The molecule has 9 nitrogen and oxygen atoms in total. The van der Waals surface area contributed by atoms with Crippen LogP contribution in [-0.2, 0) is 16.1 Å². The van der Waals surface area contributed by atoms with Crippen LogP contribution >= 0.6 is 15.9 Å². The molecule has 3 atom stereocenters. The summed E-state index contributed by atoms with van der Waals surface area (Å²) in [6.45, 7) is 3.94. The molecule has 0 bridgehead atoms. The first-order valence-electron chi connectivity index (χ1n) is 12.4. The van der Waals surface area contributed by atoms with Crippen molar-refractivity contribution in [2.75, 3.05) is 11.9 Å². The van der Waals surface area contributed by atoms with Crippen molar-refractivity contribution in [1.29, 1.82) is 0 Å². The summed E-state index contributed by atoms with van der Waals surface area (Å²) in [7, 11) is 0. The lowest BCUT2D eigenvalue weighted by atomic mass is 10.0. The summed E-state index contributed by atoms with van der Waals surface area (Å²) in [5, 5.41) is 3.64. The van der Waals surface area contributed by atoms with Crippen molar-refractivity contribution in [3.63, 3.8) is 0 Å². The molecule has 1 aliphatic heterocycles. The first-order valence-corrected chi connectivity index (χ1v) is 13.2. The predicted molar refractivity (Wildman–Crippen MR) is 145 cm³/mol. The number of carbonyl (C=O) groups is 3. The highest BCUT2D eigenvalue weighted by molar-refractivity contribution is 9.10. The van der Waals surface area contributed by atoms with Gasteiger partial charge in [0, 0.05) is 47.2 Å². The third kappa shape index (κ3) is 4.49. The lowest BCUT2D eigenvalue weighted by Gasteiger charge is -2.27. The van der Waals surface area contributed by atoms with Crippen LogP contribution in [0.25, 0.3) is 22.0 Å². The molecule has 4 aromatic rings. The first-order chi connectivity index (χ1) is 18.3. The molecular formula is C28H25BrN6O3. The number of aryl methyl sites for hydroxylation is 1. The summed E-state index contributed by atoms with van der Waals surface area (Å²) < 4.78 is 2.43. The van der Waals surface area contributed by atoms with Gasteiger partial charge in [0.15, 0.2) is 5.78 Å². The quantitative estimate of drug-likeness (QED) is 0.273. The second kappa shape index (κ2) is 9.43. The number of piperidine rings is 1. The number of amides is 2. The molecule has 1 N–H and O–H groups in total. The van der Waals surface area contributed by atoms with Gasteiger partial charge in [-0.15, -0.1) is 0 Å². The molecule has 38 heavy (non-hydrogen) atoms. The second-order valence-electron chi connectivity index (χ2n) is 9.96. The zero-order valence-electron chi connectivity index (χ0n) is 20.9. The molecule has 4 heterocycles. The van der Waals surface area contributed by atoms with E-state index in [4.69, 9.17) is 0 Å². The predicted octanol–water partition coefficient (Wildman–Crippen LogP) is 4.25. The van der Waals surface area contributed by atoms with Crippen LogP contribution in [0.4, 0.5) is 5.82 Å². The monoisotopic (exact) mass is 572 g/mol. The van der Waals surface area contributed by atoms with E-state index in [0.29, 0.717) is 34.3 Å². The highest BCUT2D eigenvalue weighted by atomic mass is 79.9. The van der Waals surface area contributed by atoms with Gasteiger partial charge in [0.25, 0.3) is 0 Å². The number of aromatic nitrogens is 4. The lowest BCUT2D eigenvalue weighted by Crippen LogP contribution is -2.47. The highest BCUT2D eigenvalue weighted by Crippen LogP contribution is 2.50. The Labute approximate surface area is 227 Å². The van der Waals surface area contributed by atoms with Gasteiger partial charge in [0.1, 0.15) is 28.8 Å². The van der Waals surface area contributed by atoms with E-state index in [1.165, 1.54) is 6.92 Å². The van der Waals surface area contributed by atoms with E-state index >= 15 is 0 Å². The second-order valence-corrected chi connectivity index (χ2v) is 10.8. The fourth-order valence-electron chi connectivity index (χ4n) is 5.40. The van der Waals surface area contributed by atoms with Crippen molar-refractivity contribution in [2.45, 2.75) is 32.9 Å². The number of halogens is 1. The summed E-state index contributed by atoms with van der Waals surface area (Å²) in [6.07, 6.45) is 6.19. The van der Waals surface area contributed by atoms with Crippen LogP contribution < -0.4 is 5.32 Å². The summed E-state index contributed by atoms with van der Waals surface area (Å²) in [5.74, 6) is 1.18. The van der Waals surface area contributed by atoms with Crippen molar-refractivity contribution >= 4 is 50.2 Å². The number of hydrogen-bond donors (Lipinski definition) is 1. The summed E-state index contributed by atoms with van der Waals surface area (Å²) in [4.78, 5) is 53.8. The third-order valence-corrected chi connectivity index (χ3v) is 7.83. The maximum Gasteiger partial charge on any atom is 0.248 e. The molecular weight excluding hydrogens is 548 g/mol. The number of rotatable bonds is 6. The van der Waals surface area contributed by atoms with Gasteiger partial charge in [-0.25, -0.2) is 15.0 Å². The number of likely N-dealkylation sites (tertiary alicyclic amines) is 1. The SMILES string of the molecule is CC(=O)c1cn(CC(=O)N2C[C@H]3C[C@H]3C2C(=O)Nc2cccc(Br)n2)c2ccc(-c3cnc(C)nc3)cc12. The van der Waals surface area contributed by atoms with Crippen LogP contribution in [0.3, 0.4) is 0 Å². The smallest absolute Gasteiger partial charge is 0.248 e. The van der Waals surface area contributed by atoms with E-state index in [1.54, 1.807) is 46.3 Å². The van der Waals surface area contributed by atoms with E-state index in [0.717, 1.165) is 28.5 Å². The van der Waals surface area contributed by atoms with E-state index in [1.807, 2.05) is 25.1 Å². The molecule has 3 aromatic heterocycles. The number of carbonyl (C=O) groups excluding carboxylic acids is 3. The summed E-state index contributed by atoms with van der Waals surface area (Å²) in [6, 6.07) is 10.6. The van der Waals surface area contributed by atoms with Crippen LogP contribution in [0, 0.1) is 18.8 Å². The molecule has 192 valence electrons. The van der Waals surface area contributed by atoms with E-state index in [2.05, 4.69) is 36.2 Å². The standard InChI is InChI=1S/C28H25BrN6O3/c1-15(36)22-13-34(23-7-6-17(8-21(22)23)19-10-30-16(2)31-11-19)14-26(37)35-12-18-9-20(18)27(35)28(38)33-25-5-3-4-24(29)32-25/h3-8,10-11,13,18,20,27H,9,12,14H2,1-2H3,(H,32,33,38)/t18-,20-,27?/m1/s1. The van der Waals surface area contributed by atoms with Crippen molar-refractivity contribution in [3.8, 4) is 11.1 Å². The number of anilines is 1. The third-order valence-electron chi connectivity index (χ3n) is 7.39. The lowest BCUT2D eigenvalue weighted by molar-refractivity contribution is -0.138. The highest BCUT2D eigenvalue weighted by Gasteiger charge is 2.56. The Bertz CT molecular complexity index is 1600. The molecule has 1 aromatic carbocycles. The van der Waals surface area contributed by atoms with Crippen molar-refractivity contribution in [2.24, 2.45) is 11.8 Å². The fraction of sp³-hybridized carbons (Fsp3) is 0.286. The number of hydrogen-bond acceptors (Lipinski definition) is 6. The van der Waals surface area contributed by atoms with Crippen LogP contribution in [0.15, 0.2) is 59.6 Å². The first kappa shape index (κ1) is 24.4. The zero-order valence-corrected chi connectivity index (χ0v) is 22.5. The molecule has 2 amide bonds. The molecule has 1 aliphatic carbocycles. The molecule has 6 rings (SSSR count).